The van der Waals surface area contributed by atoms with Crippen molar-refractivity contribution < 1.29 is 29.2 Å². The summed E-state index contributed by atoms with van der Waals surface area (Å²) in [6, 6.07) is 12.2. The van der Waals surface area contributed by atoms with E-state index >= 15 is 0 Å². The lowest BCUT2D eigenvalue weighted by atomic mass is 9.91. The number of nitro groups is 1. The second-order valence-corrected chi connectivity index (χ2v) is 8.32. The first-order valence-electron chi connectivity index (χ1n) is 10.6. The van der Waals surface area contributed by atoms with E-state index in [1.807, 2.05) is 36.6 Å². The van der Waals surface area contributed by atoms with Crippen molar-refractivity contribution in [1.82, 2.24) is 10.8 Å². The van der Waals surface area contributed by atoms with Gasteiger partial charge >= 0.3 is 0 Å². The van der Waals surface area contributed by atoms with Crippen LogP contribution in [0, 0.1) is 10.1 Å². The van der Waals surface area contributed by atoms with Gasteiger partial charge in [0.1, 0.15) is 6.79 Å². The van der Waals surface area contributed by atoms with E-state index in [2.05, 4.69) is 5.32 Å². The van der Waals surface area contributed by atoms with Crippen LogP contribution in [0.3, 0.4) is 0 Å². The zero-order chi connectivity index (χ0) is 24.5. The molecule has 0 unspecified atom stereocenters. The molecular weight excluding hydrogens is 462 g/mol. The fraction of sp³-hybridized carbons (Fsp3) is 0.304. The Morgan fingerprint density at radius 3 is 2.56 bits per heavy atom. The van der Waals surface area contributed by atoms with Gasteiger partial charge in [-0.1, -0.05) is 18.2 Å². The Morgan fingerprint density at radius 2 is 1.88 bits per heavy atom. The van der Waals surface area contributed by atoms with E-state index in [0.29, 0.717) is 6.61 Å². The van der Waals surface area contributed by atoms with Gasteiger partial charge in [0, 0.05) is 29.0 Å². The summed E-state index contributed by atoms with van der Waals surface area (Å²) in [4.78, 5) is 35.8. The molecular formula is C23H25N3O7S. The lowest BCUT2D eigenvalue weighted by Gasteiger charge is -2.23. The fourth-order valence-corrected chi connectivity index (χ4v) is 4.53. The van der Waals surface area contributed by atoms with Crippen LogP contribution in [0.15, 0.2) is 53.9 Å². The van der Waals surface area contributed by atoms with Crippen molar-refractivity contribution in [1.29, 1.82) is 0 Å². The van der Waals surface area contributed by atoms with Gasteiger partial charge in [0.05, 0.1) is 23.5 Å². The molecule has 0 radical (unpaired) electrons. The highest BCUT2D eigenvalue weighted by molar-refractivity contribution is 7.17. The number of carbonyl (C=O) groups is 2. The number of amides is 2. The smallest absolute Gasteiger partial charge is 0.269 e. The molecule has 0 saturated heterocycles. The second-order valence-electron chi connectivity index (χ2n) is 7.41. The van der Waals surface area contributed by atoms with Gasteiger partial charge in [-0.3, -0.25) is 24.9 Å². The van der Waals surface area contributed by atoms with Crippen LogP contribution >= 0.6 is 11.3 Å². The number of non-ortho nitro benzene ring substituents is 1. The average Bonchev–Trinajstić information content (AvgIpc) is 3.28. The molecule has 0 bridgehead atoms. The summed E-state index contributed by atoms with van der Waals surface area (Å²) in [5, 5.41) is 25.8. The van der Waals surface area contributed by atoms with Crippen molar-refractivity contribution in [2.45, 2.75) is 25.3 Å². The second kappa shape index (κ2) is 12.2. The minimum atomic E-state index is -0.765. The standard InChI is InChI=1S/C23H25N3O7S/c1-2-32-14-33-12-16(24-22(27)15-7-9-17(10-8-15)26(30)31)11-19(23(28)25-29)20-13-34-21-6-4-3-5-18(20)21/h3-10,13,16,19,29H,2,11-12,14H2,1H3,(H,24,27)(H,25,28)/t16-,19-/m0/s1. The maximum Gasteiger partial charge on any atom is 0.269 e. The van der Waals surface area contributed by atoms with Crippen molar-refractivity contribution in [3.8, 4) is 0 Å². The first-order valence-corrected chi connectivity index (χ1v) is 11.4. The van der Waals surface area contributed by atoms with Crippen LogP contribution in [-0.4, -0.2) is 48.0 Å². The SMILES string of the molecule is CCOCOC[C@H](C[C@H](C(=O)NO)c1csc2ccccc12)NC(=O)c1ccc([N+](=O)[O-])cc1. The number of hydroxylamine groups is 1. The molecule has 11 heteroatoms. The zero-order valence-corrected chi connectivity index (χ0v) is 19.2. The summed E-state index contributed by atoms with van der Waals surface area (Å²) in [6.07, 6.45) is 0.137. The fourth-order valence-electron chi connectivity index (χ4n) is 3.51. The minimum Gasteiger partial charge on any atom is -0.356 e. The highest BCUT2D eigenvalue weighted by atomic mass is 32.1. The van der Waals surface area contributed by atoms with Crippen LogP contribution in [0.1, 0.15) is 35.2 Å². The van der Waals surface area contributed by atoms with Crippen molar-refractivity contribution in [2.75, 3.05) is 20.0 Å². The van der Waals surface area contributed by atoms with Crippen molar-refractivity contribution in [2.24, 2.45) is 0 Å². The number of hydrogen-bond acceptors (Lipinski definition) is 8. The summed E-state index contributed by atoms with van der Waals surface area (Å²) < 4.78 is 11.7. The van der Waals surface area contributed by atoms with Crippen LogP contribution in [0.2, 0.25) is 0 Å². The van der Waals surface area contributed by atoms with Gasteiger partial charge in [-0.15, -0.1) is 11.3 Å². The van der Waals surface area contributed by atoms with E-state index in [4.69, 9.17) is 9.47 Å². The molecule has 0 aliphatic rings. The van der Waals surface area contributed by atoms with Gasteiger partial charge in [0.2, 0.25) is 0 Å². The average molecular weight is 488 g/mol. The normalized spacial score (nSPS) is 12.8. The van der Waals surface area contributed by atoms with Gasteiger partial charge < -0.3 is 14.8 Å². The van der Waals surface area contributed by atoms with E-state index in [9.17, 15) is 24.9 Å². The van der Waals surface area contributed by atoms with Crippen molar-refractivity contribution in [3.63, 3.8) is 0 Å². The van der Waals surface area contributed by atoms with Crippen LogP contribution in [-0.2, 0) is 14.3 Å². The maximum absolute atomic E-state index is 12.8. The Bertz CT molecular complexity index is 1130. The lowest BCUT2D eigenvalue weighted by molar-refractivity contribution is -0.384. The summed E-state index contributed by atoms with van der Waals surface area (Å²) >= 11 is 1.48. The molecule has 0 aliphatic carbocycles. The van der Waals surface area contributed by atoms with E-state index in [1.165, 1.54) is 35.6 Å². The van der Waals surface area contributed by atoms with Crippen LogP contribution < -0.4 is 10.8 Å². The van der Waals surface area contributed by atoms with Gasteiger partial charge in [0.25, 0.3) is 17.5 Å². The maximum atomic E-state index is 12.8. The van der Waals surface area contributed by atoms with Crippen LogP contribution in [0.25, 0.3) is 10.1 Å². The molecule has 0 aliphatic heterocycles. The van der Waals surface area contributed by atoms with Gasteiger partial charge in [-0.25, -0.2) is 5.48 Å². The lowest BCUT2D eigenvalue weighted by Crippen LogP contribution is -2.41. The van der Waals surface area contributed by atoms with E-state index < -0.39 is 28.7 Å². The Morgan fingerprint density at radius 1 is 1.15 bits per heavy atom. The van der Waals surface area contributed by atoms with Crippen molar-refractivity contribution >= 4 is 38.9 Å². The third-order valence-corrected chi connectivity index (χ3v) is 6.18. The summed E-state index contributed by atoms with van der Waals surface area (Å²) in [6.45, 7) is 2.34. The number of ether oxygens (including phenoxy) is 2. The number of rotatable bonds is 12. The highest BCUT2D eigenvalue weighted by Crippen LogP contribution is 2.34. The molecule has 2 amide bonds. The van der Waals surface area contributed by atoms with Crippen LogP contribution in [0.4, 0.5) is 5.69 Å². The number of fused-ring (bicyclic) bond motifs is 1. The molecule has 3 aromatic rings. The Balaban J connectivity index is 1.82. The molecule has 3 rings (SSSR count). The summed E-state index contributed by atoms with van der Waals surface area (Å²) in [5.41, 5.74) is 2.55. The van der Waals surface area contributed by atoms with Gasteiger partial charge in [0.15, 0.2) is 0 Å². The van der Waals surface area contributed by atoms with E-state index in [1.54, 1.807) is 5.48 Å². The predicted octanol–water partition coefficient (Wildman–Crippen LogP) is 3.60. The molecule has 34 heavy (non-hydrogen) atoms. The number of benzene rings is 2. The zero-order valence-electron chi connectivity index (χ0n) is 18.4. The molecule has 1 aromatic heterocycles. The molecule has 2 atom stereocenters. The van der Waals surface area contributed by atoms with E-state index in [-0.39, 0.29) is 31.1 Å². The number of hydrogen-bond donors (Lipinski definition) is 3. The summed E-state index contributed by atoms with van der Waals surface area (Å²) in [7, 11) is 0. The number of nitrogens with one attached hydrogen (secondary N) is 2. The van der Waals surface area contributed by atoms with Crippen LogP contribution in [0.5, 0.6) is 0 Å². The Labute approximate surface area is 199 Å². The molecule has 0 fully saturated rings. The molecule has 10 nitrogen and oxygen atoms in total. The number of nitro benzene ring substituents is 1. The number of carbonyl (C=O) groups excluding carboxylic acids is 2. The Kier molecular flexibility index (Phi) is 9.05. The number of thiophene rings is 1. The first kappa shape index (κ1) is 25.2. The topological polar surface area (TPSA) is 140 Å². The third kappa shape index (κ3) is 6.35. The minimum absolute atomic E-state index is 0.0125. The first-order chi connectivity index (χ1) is 16.4. The molecule has 3 N–H and O–H groups in total. The Hall–Kier alpha value is -3.38. The molecule has 1 heterocycles. The molecule has 180 valence electrons. The predicted molar refractivity (Wildman–Crippen MR) is 126 cm³/mol. The van der Waals surface area contributed by atoms with E-state index in [0.717, 1.165) is 15.6 Å². The van der Waals surface area contributed by atoms with Crippen molar-refractivity contribution in [3.05, 3.63) is 75.2 Å². The highest BCUT2D eigenvalue weighted by Gasteiger charge is 2.28. The molecule has 0 saturated carbocycles. The number of nitrogens with zero attached hydrogens (tertiary/aromatic N) is 1. The van der Waals surface area contributed by atoms with Gasteiger partial charge in [-0.2, -0.15) is 0 Å². The quantitative estimate of drug-likeness (QED) is 0.117. The molecule has 0 spiro atoms. The summed E-state index contributed by atoms with van der Waals surface area (Å²) in [5.74, 6) is -1.85. The third-order valence-electron chi connectivity index (χ3n) is 5.20. The van der Waals surface area contributed by atoms with Gasteiger partial charge in [-0.05, 0) is 47.9 Å². The monoisotopic (exact) mass is 487 g/mol. The largest absolute Gasteiger partial charge is 0.356 e. The molecule has 2 aromatic carbocycles.